The maximum absolute atomic E-state index is 12.5. The topological polar surface area (TPSA) is 72.7 Å². The van der Waals surface area contributed by atoms with Gasteiger partial charge in [0.1, 0.15) is 0 Å². The lowest BCUT2D eigenvalue weighted by Crippen LogP contribution is -2.14. The molecule has 1 N–H and O–H groups in total. The van der Waals surface area contributed by atoms with Crippen LogP contribution in [0.15, 0.2) is 76.6 Å². The molecule has 3 aromatic heterocycles. The summed E-state index contributed by atoms with van der Waals surface area (Å²) in [6.45, 7) is 2.12. The average molecular weight is 504 g/mol. The minimum Gasteiger partial charge on any atom is -0.305 e. The molecule has 170 valence electrons. The van der Waals surface area contributed by atoms with Gasteiger partial charge in [-0.05, 0) is 12.5 Å². The van der Waals surface area contributed by atoms with E-state index in [9.17, 15) is 4.79 Å². The number of hydrogen-bond acceptors (Lipinski definition) is 7. The zero-order valence-corrected chi connectivity index (χ0v) is 21.0. The number of anilines is 1. The molecular weight excluding hydrogens is 483 g/mol. The van der Waals surface area contributed by atoms with Crippen LogP contribution in [0, 0.1) is 6.92 Å². The van der Waals surface area contributed by atoms with Gasteiger partial charge in [0.05, 0.1) is 11.4 Å². The van der Waals surface area contributed by atoms with Crippen LogP contribution < -0.4 is 5.32 Å². The molecule has 0 radical (unpaired) electrons. The summed E-state index contributed by atoms with van der Waals surface area (Å²) in [4.78, 5) is 18.3. The number of aromatic nitrogens is 4. The van der Waals surface area contributed by atoms with Crippen LogP contribution in [-0.2, 0) is 11.8 Å². The summed E-state index contributed by atoms with van der Waals surface area (Å²) in [5.41, 5.74) is 5.27. The Morgan fingerprint density at radius 2 is 1.68 bits per heavy atom. The van der Waals surface area contributed by atoms with Gasteiger partial charge in [0.2, 0.25) is 5.91 Å². The number of thioether (sulfide) groups is 1. The van der Waals surface area contributed by atoms with Crippen molar-refractivity contribution in [1.82, 2.24) is 19.7 Å². The fraction of sp³-hybridized carbons (Fsp3) is 0.120. The van der Waals surface area contributed by atoms with E-state index in [0.717, 1.165) is 28.2 Å². The van der Waals surface area contributed by atoms with Crippen molar-refractivity contribution in [2.24, 2.45) is 7.05 Å². The van der Waals surface area contributed by atoms with Gasteiger partial charge in [-0.2, -0.15) is 0 Å². The Hall–Kier alpha value is -3.27. The van der Waals surface area contributed by atoms with E-state index in [1.165, 1.54) is 33.5 Å². The van der Waals surface area contributed by atoms with Crippen LogP contribution in [0.2, 0.25) is 0 Å². The maximum atomic E-state index is 12.5. The Labute approximate surface area is 209 Å². The number of carbonyl (C=O) groups is 1. The minimum atomic E-state index is -0.125. The van der Waals surface area contributed by atoms with Crippen LogP contribution in [0.25, 0.3) is 33.8 Å². The third kappa shape index (κ3) is 4.68. The summed E-state index contributed by atoms with van der Waals surface area (Å²) in [5.74, 6) is 0.888. The Bertz CT molecular complexity index is 1420. The Kier molecular flexibility index (Phi) is 6.57. The van der Waals surface area contributed by atoms with E-state index in [4.69, 9.17) is 0 Å². The molecule has 6 nitrogen and oxygen atoms in total. The number of rotatable bonds is 7. The molecule has 0 spiro atoms. The van der Waals surface area contributed by atoms with Crippen LogP contribution in [0.5, 0.6) is 0 Å². The van der Waals surface area contributed by atoms with Crippen LogP contribution >= 0.6 is 34.4 Å². The molecular formula is C25H21N5OS3. The zero-order chi connectivity index (χ0) is 23.5. The summed E-state index contributed by atoms with van der Waals surface area (Å²) in [7, 11) is 1.93. The third-order valence-corrected chi connectivity index (χ3v) is 7.95. The SMILES string of the molecule is Cc1scc(-c2nnc(SCC(=O)Nc3nc(-c4ccccc4)cs3)n2C)c1-c1ccccc1. The number of benzene rings is 2. The molecule has 34 heavy (non-hydrogen) atoms. The number of nitrogens with zero attached hydrogens (tertiary/aromatic N) is 4. The van der Waals surface area contributed by atoms with E-state index >= 15 is 0 Å². The largest absolute Gasteiger partial charge is 0.305 e. The first-order valence-corrected chi connectivity index (χ1v) is 13.3. The molecule has 2 aromatic carbocycles. The van der Waals surface area contributed by atoms with Crippen molar-refractivity contribution in [2.45, 2.75) is 12.1 Å². The molecule has 0 aliphatic carbocycles. The Morgan fingerprint density at radius 3 is 2.41 bits per heavy atom. The number of hydrogen-bond donors (Lipinski definition) is 1. The van der Waals surface area contributed by atoms with Crippen molar-refractivity contribution in [3.63, 3.8) is 0 Å². The van der Waals surface area contributed by atoms with Crippen LogP contribution in [0.3, 0.4) is 0 Å². The van der Waals surface area contributed by atoms with E-state index in [2.05, 4.69) is 44.9 Å². The highest BCUT2D eigenvalue weighted by atomic mass is 32.2. The second-order valence-corrected chi connectivity index (χ2v) is 10.4. The summed E-state index contributed by atoms with van der Waals surface area (Å²) in [6.07, 6.45) is 0. The lowest BCUT2D eigenvalue weighted by molar-refractivity contribution is -0.113. The van der Waals surface area contributed by atoms with Crippen molar-refractivity contribution in [3.05, 3.63) is 76.3 Å². The van der Waals surface area contributed by atoms with E-state index in [1.54, 1.807) is 11.3 Å². The minimum absolute atomic E-state index is 0.125. The standard InChI is InChI=1S/C25H21N5OS3/c1-16-22(18-11-7-4-8-12-18)19(13-32-16)23-28-29-25(30(23)2)34-15-21(31)27-24-26-20(14-33-24)17-9-5-3-6-10-17/h3-14H,15H2,1-2H3,(H,26,27,31). The average Bonchev–Trinajstić information content (AvgIpc) is 3.57. The van der Waals surface area contributed by atoms with Crippen LogP contribution in [-0.4, -0.2) is 31.4 Å². The van der Waals surface area contributed by atoms with E-state index in [-0.39, 0.29) is 11.7 Å². The van der Waals surface area contributed by atoms with Crippen LogP contribution in [0.4, 0.5) is 5.13 Å². The highest BCUT2D eigenvalue weighted by Crippen LogP contribution is 2.38. The third-order valence-electron chi connectivity index (χ3n) is 5.27. The number of carbonyl (C=O) groups excluding carboxylic acids is 1. The molecule has 0 bridgehead atoms. The molecule has 5 rings (SSSR count). The zero-order valence-electron chi connectivity index (χ0n) is 18.6. The molecule has 3 heterocycles. The fourth-order valence-corrected chi connectivity index (χ4v) is 5.93. The molecule has 0 atom stereocenters. The summed E-state index contributed by atoms with van der Waals surface area (Å²) >= 11 is 4.48. The second-order valence-electron chi connectivity index (χ2n) is 7.55. The molecule has 0 saturated heterocycles. The number of amides is 1. The van der Waals surface area contributed by atoms with Crippen molar-refractivity contribution in [1.29, 1.82) is 0 Å². The highest BCUT2D eigenvalue weighted by molar-refractivity contribution is 7.99. The van der Waals surface area contributed by atoms with Gasteiger partial charge in [-0.15, -0.1) is 32.9 Å². The van der Waals surface area contributed by atoms with E-state index in [0.29, 0.717) is 10.3 Å². The molecule has 0 aliphatic rings. The number of nitrogens with one attached hydrogen (secondary N) is 1. The molecule has 0 unspecified atom stereocenters. The number of thiophene rings is 1. The quantitative estimate of drug-likeness (QED) is 0.261. The summed E-state index contributed by atoms with van der Waals surface area (Å²) in [6, 6.07) is 20.2. The Balaban J connectivity index is 1.27. The molecule has 5 aromatic rings. The van der Waals surface area contributed by atoms with Gasteiger partial charge in [-0.3, -0.25) is 4.79 Å². The first-order chi connectivity index (χ1) is 16.6. The first kappa shape index (κ1) is 22.5. The second kappa shape index (κ2) is 9.92. The molecule has 0 aliphatic heterocycles. The lowest BCUT2D eigenvalue weighted by atomic mass is 10.0. The van der Waals surface area contributed by atoms with Gasteiger partial charge < -0.3 is 9.88 Å². The first-order valence-electron chi connectivity index (χ1n) is 10.6. The smallest absolute Gasteiger partial charge is 0.236 e. The summed E-state index contributed by atoms with van der Waals surface area (Å²) < 4.78 is 1.95. The van der Waals surface area contributed by atoms with Gasteiger partial charge in [-0.1, -0.05) is 72.4 Å². The van der Waals surface area contributed by atoms with Gasteiger partial charge in [0, 0.05) is 39.4 Å². The van der Waals surface area contributed by atoms with Crippen LogP contribution in [0.1, 0.15) is 4.88 Å². The normalized spacial score (nSPS) is 11.0. The predicted octanol–water partition coefficient (Wildman–Crippen LogP) is 6.37. The van der Waals surface area contributed by atoms with Gasteiger partial charge in [0.15, 0.2) is 16.1 Å². The maximum Gasteiger partial charge on any atom is 0.236 e. The molecule has 0 fully saturated rings. The van der Waals surface area contributed by atoms with Crippen molar-refractivity contribution >= 4 is 45.5 Å². The molecule has 1 amide bonds. The van der Waals surface area contributed by atoms with Crippen molar-refractivity contribution < 1.29 is 4.79 Å². The fourth-order valence-electron chi connectivity index (χ4n) is 3.62. The molecule has 9 heteroatoms. The van der Waals surface area contributed by atoms with Gasteiger partial charge in [-0.25, -0.2) is 4.98 Å². The van der Waals surface area contributed by atoms with E-state index in [1.807, 2.05) is 65.5 Å². The highest BCUT2D eigenvalue weighted by Gasteiger charge is 2.19. The van der Waals surface area contributed by atoms with Crippen molar-refractivity contribution in [2.75, 3.05) is 11.1 Å². The van der Waals surface area contributed by atoms with E-state index < -0.39 is 0 Å². The lowest BCUT2D eigenvalue weighted by Gasteiger charge is -2.07. The molecule has 0 saturated carbocycles. The predicted molar refractivity (Wildman–Crippen MR) is 141 cm³/mol. The van der Waals surface area contributed by atoms with Crippen molar-refractivity contribution in [3.8, 4) is 33.8 Å². The monoisotopic (exact) mass is 503 g/mol. The number of thiazole rings is 1. The summed E-state index contributed by atoms with van der Waals surface area (Å²) in [5, 5.41) is 17.0. The van der Waals surface area contributed by atoms with Gasteiger partial charge >= 0.3 is 0 Å². The van der Waals surface area contributed by atoms with Gasteiger partial charge in [0.25, 0.3) is 0 Å². The number of aryl methyl sites for hydroxylation is 1. The Morgan fingerprint density at radius 1 is 0.971 bits per heavy atom.